The number of rotatable bonds is 5. The highest BCUT2D eigenvalue weighted by Gasteiger charge is 2.32. The molecule has 0 unspecified atom stereocenters. The fraction of sp³-hybridized carbons (Fsp3) is 0.389. The lowest BCUT2D eigenvalue weighted by Crippen LogP contribution is -2.47. The van der Waals surface area contributed by atoms with Crippen LogP contribution in [-0.4, -0.2) is 48.5 Å². The Morgan fingerprint density at radius 3 is 2.69 bits per heavy atom. The Labute approximate surface area is 174 Å². The molecule has 0 radical (unpaired) electrons. The molecule has 1 fully saturated rings. The van der Waals surface area contributed by atoms with Crippen molar-refractivity contribution in [3.63, 3.8) is 0 Å². The molecule has 154 valence electrons. The van der Waals surface area contributed by atoms with Gasteiger partial charge in [0.2, 0.25) is 5.91 Å². The number of hydrogen-bond donors (Lipinski definition) is 1. The molecule has 0 aliphatic carbocycles. The summed E-state index contributed by atoms with van der Waals surface area (Å²) in [5.74, 6) is 0.164. The van der Waals surface area contributed by atoms with Crippen LogP contribution in [-0.2, 0) is 11.0 Å². The minimum Gasteiger partial charge on any atom is -0.353 e. The lowest BCUT2D eigenvalue weighted by atomic mass is 10.2. The van der Waals surface area contributed by atoms with Gasteiger partial charge in [0.25, 0.3) is 0 Å². The summed E-state index contributed by atoms with van der Waals surface area (Å²) in [7, 11) is 0. The molecule has 29 heavy (non-hydrogen) atoms. The van der Waals surface area contributed by atoms with Crippen molar-refractivity contribution in [1.82, 2.24) is 9.88 Å². The van der Waals surface area contributed by atoms with Crippen molar-refractivity contribution in [2.24, 2.45) is 0 Å². The van der Waals surface area contributed by atoms with Crippen molar-refractivity contribution in [1.29, 1.82) is 5.26 Å². The van der Waals surface area contributed by atoms with Crippen LogP contribution in [0.1, 0.15) is 17.5 Å². The molecule has 0 bridgehead atoms. The van der Waals surface area contributed by atoms with Crippen LogP contribution < -0.4 is 10.2 Å². The molecule has 0 spiro atoms. The van der Waals surface area contributed by atoms with Gasteiger partial charge in [-0.2, -0.15) is 18.4 Å². The van der Waals surface area contributed by atoms with E-state index in [0.717, 1.165) is 12.3 Å². The highest BCUT2D eigenvalue weighted by atomic mass is 35.5. The number of nitrogens with one attached hydrogen (secondary N) is 1. The molecule has 1 amide bonds. The number of thiophene rings is 1. The number of nitrogens with zero attached hydrogens (tertiary/aromatic N) is 4. The van der Waals surface area contributed by atoms with Gasteiger partial charge in [0, 0.05) is 45.3 Å². The number of hydrogen-bond acceptors (Lipinski definition) is 6. The Kier molecular flexibility index (Phi) is 6.62. The van der Waals surface area contributed by atoms with E-state index in [2.05, 4.69) is 15.2 Å². The van der Waals surface area contributed by atoms with Crippen LogP contribution in [0.4, 0.5) is 24.0 Å². The lowest BCUT2D eigenvalue weighted by Gasteiger charge is -2.35. The number of carbonyl (C=O) groups is 1. The first-order valence-electron chi connectivity index (χ1n) is 8.75. The number of amides is 1. The molecule has 6 nitrogen and oxygen atoms in total. The van der Waals surface area contributed by atoms with Gasteiger partial charge in [-0.25, -0.2) is 4.98 Å². The van der Waals surface area contributed by atoms with E-state index in [4.69, 9.17) is 16.9 Å². The normalized spacial score (nSPS) is 15.2. The van der Waals surface area contributed by atoms with E-state index in [1.165, 1.54) is 11.3 Å². The first kappa shape index (κ1) is 21.4. The third-order valence-electron chi connectivity index (χ3n) is 4.51. The van der Waals surface area contributed by atoms with Gasteiger partial charge in [-0.3, -0.25) is 9.69 Å². The zero-order valence-electron chi connectivity index (χ0n) is 15.2. The fourth-order valence-electron chi connectivity index (χ4n) is 2.94. The molecule has 2 aromatic heterocycles. The lowest BCUT2D eigenvalue weighted by molar-refractivity contribution is -0.137. The molecule has 2 aromatic rings. The smallest absolute Gasteiger partial charge is 0.353 e. The second-order valence-electron chi connectivity index (χ2n) is 6.43. The zero-order valence-corrected chi connectivity index (χ0v) is 16.7. The van der Waals surface area contributed by atoms with Crippen molar-refractivity contribution < 1.29 is 18.0 Å². The topological polar surface area (TPSA) is 72.3 Å². The fourth-order valence-corrected chi connectivity index (χ4v) is 3.98. The number of carbonyl (C=O) groups excluding carboxylic acids is 1. The van der Waals surface area contributed by atoms with Crippen LogP contribution >= 0.6 is 22.9 Å². The van der Waals surface area contributed by atoms with Crippen molar-refractivity contribution in [2.45, 2.75) is 12.6 Å². The SMILES string of the molecule is N#Cc1ccsc1NC(=O)CCN1CCN(c2ncc(C(F)(F)F)cc2Cl)CC1. The Hall–Kier alpha value is -2.35. The van der Waals surface area contributed by atoms with Gasteiger partial charge in [-0.15, -0.1) is 11.3 Å². The first-order valence-corrected chi connectivity index (χ1v) is 10.0. The Bertz CT molecular complexity index is 919. The average molecular weight is 444 g/mol. The Balaban J connectivity index is 1.48. The molecule has 11 heteroatoms. The summed E-state index contributed by atoms with van der Waals surface area (Å²) in [5, 5.41) is 14.0. The summed E-state index contributed by atoms with van der Waals surface area (Å²) in [6, 6.07) is 4.57. The number of alkyl halides is 3. The molecule has 1 aliphatic rings. The summed E-state index contributed by atoms with van der Waals surface area (Å²) < 4.78 is 38.2. The van der Waals surface area contributed by atoms with Gasteiger partial charge < -0.3 is 10.2 Å². The number of piperazine rings is 1. The Morgan fingerprint density at radius 2 is 2.07 bits per heavy atom. The predicted molar refractivity (Wildman–Crippen MR) is 105 cm³/mol. The van der Waals surface area contributed by atoms with Crippen LogP contribution in [0.2, 0.25) is 5.02 Å². The van der Waals surface area contributed by atoms with Crippen molar-refractivity contribution >= 4 is 39.7 Å². The van der Waals surface area contributed by atoms with Gasteiger partial charge in [0.05, 0.1) is 16.1 Å². The van der Waals surface area contributed by atoms with E-state index in [1.54, 1.807) is 11.4 Å². The van der Waals surface area contributed by atoms with E-state index in [0.29, 0.717) is 49.1 Å². The monoisotopic (exact) mass is 443 g/mol. The van der Waals surface area contributed by atoms with E-state index in [-0.39, 0.29) is 17.4 Å². The van der Waals surface area contributed by atoms with Gasteiger partial charge >= 0.3 is 6.18 Å². The molecular weight excluding hydrogens is 427 g/mol. The number of aromatic nitrogens is 1. The minimum absolute atomic E-state index is 0.0307. The van der Waals surface area contributed by atoms with E-state index in [9.17, 15) is 18.0 Å². The number of halogens is 4. The largest absolute Gasteiger partial charge is 0.417 e. The number of pyridine rings is 1. The molecule has 0 atom stereocenters. The number of anilines is 2. The average Bonchev–Trinajstić information content (AvgIpc) is 3.13. The van der Waals surface area contributed by atoms with E-state index in [1.807, 2.05) is 11.0 Å². The molecule has 1 N–H and O–H groups in total. The summed E-state index contributed by atoms with van der Waals surface area (Å²) >= 11 is 7.31. The first-order chi connectivity index (χ1) is 13.8. The highest BCUT2D eigenvalue weighted by molar-refractivity contribution is 7.14. The second kappa shape index (κ2) is 8.98. The van der Waals surface area contributed by atoms with Gasteiger partial charge in [-0.05, 0) is 17.5 Å². The van der Waals surface area contributed by atoms with Gasteiger partial charge in [0.15, 0.2) is 0 Å². The van der Waals surface area contributed by atoms with Crippen molar-refractivity contribution in [3.8, 4) is 6.07 Å². The minimum atomic E-state index is -4.48. The van der Waals surface area contributed by atoms with Gasteiger partial charge in [-0.1, -0.05) is 11.6 Å². The summed E-state index contributed by atoms with van der Waals surface area (Å²) in [6.45, 7) is 2.90. The molecular formula is C18H17ClF3N5OS. The van der Waals surface area contributed by atoms with E-state index < -0.39 is 11.7 Å². The maximum Gasteiger partial charge on any atom is 0.417 e. The van der Waals surface area contributed by atoms with Crippen LogP contribution in [0.5, 0.6) is 0 Å². The molecule has 0 aromatic carbocycles. The summed E-state index contributed by atoms with van der Waals surface area (Å²) in [6.07, 6.45) is -3.41. The summed E-state index contributed by atoms with van der Waals surface area (Å²) in [4.78, 5) is 19.9. The van der Waals surface area contributed by atoms with E-state index >= 15 is 0 Å². The van der Waals surface area contributed by atoms with Gasteiger partial charge in [0.1, 0.15) is 16.9 Å². The molecule has 1 saturated heterocycles. The maximum atomic E-state index is 12.7. The zero-order chi connectivity index (χ0) is 21.0. The highest BCUT2D eigenvalue weighted by Crippen LogP contribution is 2.33. The molecule has 3 heterocycles. The molecule has 0 saturated carbocycles. The van der Waals surface area contributed by atoms with Crippen LogP contribution in [0.25, 0.3) is 0 Å². The Morgan fingerprint density at radius 1 is 1.34 bits per heavy atom. The third kappa shape index (κ3) is 5.38. The number of nitriles is 1. The molecule has 3 rings (SSSR count). The molecule has 1 aliphatic heterocycles. The van der Waals surface area contributed by atoms with Crippen LogP contribution in [0.15, 0.2) is 23.7 Å². The second-order valence-corrected chi connectivity index (χ2v) is 7.75. The standard InChI is InChI=1S/C18H17ClF3N5OS/c19-14-9-13(18(20,21)22)11-24-16(14)27-6-4-26(5-7-27)3-1-15(28)25-17-12(10-23)2-8-29-17/h2,8-9,11H,1,3-7H2,(H,25,28). The summed E-state index contributed by atoms with van der Waals surface area (Å²) in [5.41, 5.74) is -0.431. The van der Waals surface area contributed by atoms with Crippen LogP contribution in [0, 0.1) is 11.3 Å². The maximum absolute atomic E-state index is 12.7. The third-order valence-corrected chi connectivity index (χ3v) is 5.62. The predicted octanol–water partition coefficient (Wildman–Crippen LogP) is 3.84. The van der Waals surface area contributed by atoms with Crippen molar-refractivity contribution in [2.75, 3.05) is 42.9 Å². The quantitative estimate of drug-likeness (QED) is 0.760. The van der Waals surface area contributed by atoms with Crippen LogP contribution in [0.3, 0.4) is 0 Å². The van der Waals surface area contributed by atoms with Crippen molar-refractivity contribution in [3.05, 3.63) is 39.9 Å².